The molecule has 1 rings (SSSR count). The van der Waals surface area contributed by atoms with Crippen LogP contribution in [0.3, 0.4) is 0 Å². The van der Waals surface area contributed by atoms with Gasteiger partial charge in [0.05, 0.1) is 30.5 Å². The largest absolute Gasteiger partial charge is 0.497 e. The minimum absolute atomic E-state index is 0.101. The van der Waals surface area contributed by atoms with E-state index in [0.717, 1.165) is 0 Å². The molecule has 0 bridgehead atoms. The predicted molar refractivity (Wildman–Crippen MR) is 71.3 cm³/mol. The lowest BCUT2D eigenvalue weighted by Gasteiger charge is -2.23. The van der Waals surface area contributed by atoms with Gasteiger partial charge in [0.15, 0.2) is 0 Å². The molecule has 0 aromatic heterocycles. The van der Waals surface area contributed by atoms with Crippen molar-refractivity contribution in [2.24, 2.45) is 0 Å². The Hall–Kier alpha value is -1.46. The number of rotatable bonds is 4. The van der Waals surface area contributed by atoms with Crippen LogP contribution in [0.25, 0.3) is 0 Å². The van der Waals surface area contributed by atoms with Crippen LogP contribution in [-0.2, 0) is 0 Å². The zero-order chi connectivity index (χ0) is 13.7. The Labute approximate surface area is 111 Å². The van der Waals surface area contributed by atoms with Gasteiger partial charge in [0.25, 0.3) is 0 Å². The maximum absolute atomic E-state index is 11.9. The molecule has 0 aliphatic heterocycles. The number of nitrogens with zero attached hydrogens (tertiary/aromatic N) is 1. The molecule has 0 saturated carbocycles. The average Bonchev–Trinajstić information content (AvgIpc) is 2.39. The maximum atomic E-state index is 11.9. The molecule has 6 heteroatoms. The van der Waals surface area contributed by atoms with Crippen LogP contribution < -0.4 is 10.1 Å². The number of ether oxygens (including phenoxy) is 1. The van der Waals surface area contributed by atoms with Crippen molar-refractivity contribution in [3.05, 3.63) is 23.2 Å². The first-order valence-corrected chi connectivity index (χ1v) is 5.85. The first kappa shape index (κ1) is 14.6. The lowest BCUT2D eigenvalue weighted by Crippen LogP contribution is -2.40. The Kier molecular flexibility index (Phi) is 5.25. The van der Waals surface area contributed by atoms with Gasteiger partial charge in [0, 0.05) is 13.1 Å². The fourth-order valence-corrected chi connectivity index (χ4v) is 1.42. The van der Waals surface area contributed by atoms with Crippen LogP contribution in [0, 0.1) is 0 Å². The van der Waals surface area contributed by atoms with E-state index in [1.165, 1.54) is 12.0 Å². The minimum atomic E-state index is -0.341. The van der Waals surface area contributed by atoms with E-state index in [9.17, 15) is 4.79 Å². The van der Waals surface area contributed by atoms with Crippen molar-refractivity contribution in [2.45, 2.75) is 13.0 Å². The molecule has 0 radical (unpaired) electrons. The van der Waals surface area contributed by atoms with Gasteiger partial charge in [-0.15, -0.1) is 0 Å². The van der Waals surface area contributed by atoms with Gasteiger partial charge in [-0.2, -0.15) is 0 Å². The third kappa shape index (κ3) is 3.51. The van der Waals surface area contributed by atoms with E-state index in [1.54, 1.807) is 32.2 Å². The molecule has 0 fully saturated rings. The molecule has 0 heterocycles. The van der Waals surface area contributed by atoms with E-state index in [2.05, 4.69) is 5.32 Å². The number of anilines is 1. The standard InChI is InChI=1S/C12H17ClN2O3/c1-8(7-16)15(2)12(17)14-11-6-9(18-3)4-5-10(11)13/h4-6,8,16H,7H2,1-3H3,(H,14,17). The quantitative estimate of drug-likeness (QED) is 0.883. The summed E-state index contributed by atoms with van der Waals surface area (Å²) in [6.07, 6.45) is 0. The normalized spacial score (nSPS) is 11.8. The van der Waals surface area contributed by atoms with Gasteiger partial charge in [-0.3, -0.25) is 0 Å². The molecule has 1 aromatic rings. The molecule has 0 spiro atoms. The van der Waals surface area contributed by atoms with E-state index in [0.29, 0.717) is 16.5 Å². The second-order valence-electron chi connectivity index (χ2n) is 3.92. The molecule has 0 aliphatic carbocycles. The molecule has 100 valence electrons. The highest BCUT2D eigenvalue weighted by Crippen LogP contribution is 2.26. The van der Waals surface area contributed by atoms with Crippen molar-refractivity contribution in [3.63, 3.8) is 0 Å². The maximum Gasteiger partial charge on any atom is 0.321 e. The highest BCUT2D eigenvalue weighted by molar-refractivity contribution is 6.33. The van der Waals surface area contributed by atoms with E-state index in [-0.39, 0.29) is 18.7 Å². The van der Waals surface area contributed by atoms with Crippen molar-refractivity contribution in [1.29, 1.82) is 0 Å². The number of carbonyl (C=O) groups excluding carboxylic acids is 1. The number of aliphatic hydroxyl groups excluding tert-OH is 1. The third-order valence-corrected chi connectivity index (χ3v) is 2.99. The fraction of sp³-hybridized carbons (Fsp3) is 0.417. The van der Waals surface area contributed by atoms with E-state index in [4.69, 9.17) is 21.4 Å². The molecule has 2 N–H and O–H groups in total. The second-order valence-corrected chi connectivity index (χ2v) is 4.33. The number of halogens is 1. The summed E-state index contributed by atoms with van der Waals surface area (Å²) in [5.74, 6) is 0.604. The number of methoxy groups -OCH3 is 1. The van der Waals surface area contributed by atoms with Crippen molar-refractivity contribution in [2.75, 3.05) is 26.1 Å². The Morgan fingerprint density at radius 1 is 1.61 bits per heavy atom. The first-order chi connectivity index (χ1) is 8.49. The average molecular weight is 273 g/mol. The fourth-order valence-electron chi connectivity index (χ4n) is 1.25. The van der Waals surface area contributed by atoms with Gasteiger partial charge in [-0.1, -0.05) is 11.6 Å². The Bertz CT molecular complexity index is 426. The molecule has 0 saturated heterocycles. The highest BCUT2D eigenvalue weighted by Gasteiger charge is 2.16. The van der Waals surface area contributed by atoms with Gasteiger partial charge in [0.1, 0.15) is 5.75 Å². The Morgan fingerprint density at radius 2 is 2.28 bits per heavy atom. The summed E-state index contributed by atoms with van der Waals surface area (Å²) in [5.41, 5.74) is 0.470. The molecular weight excluding hydrogens is 256 g/mol. The number of nitrogens with one attached hydrogen (secondary N) is 1. The molecule has 1 atom stereocenters. The zero-order valence-electron chi connectivity index (χ0n) is 10.6. The van der Waals surface area contributed by atoms with Crippen molar-refractivity contribution in [3.8, 4) is 5.75 Å². The van der Waals surface area contributed by atoms with Crippen LogP contribution in [0.4, 0.5) is 10.5 Å². The monoisotopic (exact) mass is 272 g/mol. The summed E-state index contributed by atoms with van der Waals surface area (Å²) in [6.45, 7) is 1.64. The summed E-state index contributed by atoms with van der Waals surface area (Å²) in [7, 11) is 3.14. The zero-order valence-corrected chi connectivity index (χ0v) is 11.4. The molecule has 1 unspecified atom stereocenters. The molecule has 1 aromatic carbocycles. The summed E-state index contributed by atoms with van der Waals surface area (Å²) < 4.78 is 5.06. The van der Waals surface area contributed by atoms with Crippen molar-refractivity contribution >= 4 is 23.3 Å². The Balaban J connectivity index is 2.81. The number of likely N-dealkylation sites (N-methyl/N-ethyl adjacent to an activating group) is 1. The lowest BCUT2D eigenvalue weighted by molar-refractivity contribution is 0.166. The topological polar surface area (TPSA) is 61.8 Å². The van der Waals surface area contributed by atoms with Crippen LogP contribution >= 0.6 is 11.6 Å². The van der Waals surface area contributed by atoms with E-state index < -0.39 is 0 Å². The summed E-state index contributed by atoms with van der Waals surface area (Å²) in [4.78, 5) is 13.3. The van der Waals surface area contributed by atoms with Gasteiger partial charge in [-0.05, 0) is 19.1 Å². The van der Waals surface area contributed by atoms with Crippen LogP contribution in [0.2, 0.25) is 5.02 Å². The van der Waals surface area contributed by atoms with Crippen molar-refractivity contribution in [1.82, 2.24) is 4.90 Å². The van der Waals surface area contributed by atoms with Gasteiger partial charge >= 0.3 is 6.03 Å². The van der Waals surface area contributed by atoms with Crippen LogP contribution in [0.1, 0.15) is 6.92 Å². The number of amides is 2. The molecule has 18 heavy (non-hydrogen) atoms. The van der Waals surface area contributed by atoms with Crippen molar-refractivity contribution < 1.29 is 14.6 Å². The van der Waals surface area contributed by atoms with E-state index in [1.807, 2.05) is 0 Å². The SMILES string of the molecule is COc1ccc(Cl)c(NC(=O)N(C)C(C)CO)c1. The number of benzene rings is 1. The molecular formula is C12H17ClN2O3. The summed E-state index contributed by atoms with van der Waals surface area (Å²) in [5, 5.41) is 12.1. The predicted octanol–water partition coefficient (Wildman–Crippen LogP) is 2.19. The number of carbonyl (C=O) groups is 1. The number of hydrogen-bond acceptors (Lipinski definition) is 3. The molecule has 0 aliphatic rings. The lowest BCUT2D eigenvalue weighted by atomic mass is 10.3. The smallest absolute Gasteiger partial charge is 0.321 e. The summed E-state index contributed by atoms with van der Waals surface area (Å²) >= 11 is 5.98. The van der Waals surface area contributed by atoms with Gasteiger partial charge < -0.3 is 20.1 Å². The van der Waals surface area contributed by atoms with Gasteiger partial charge in [0.2, 0.25) is 0 Å². The highest BCUT2D eigenvalue weighted by atomic mass is 35.5. The summed E-state index contributed by atoms with van der Waals surface area (Å²) in [6, 6.07) is 4.38. The second kappa shape index (κ2) is 6.47. The number of aliphatic hydroxyl groups is 1. The number of urea groups is 1. The minimum Gasteiger partial charge on any atom is -0.497 e. The number of hydrogen-bond donors (Lipinski definition) is 2. The van der Waals surface area contributed by atoms with E-state index >= 15 is 0 Å². The van der Waals surface area contributed by atoms with Crippen LogP contribution in [0.5, 0.6) is 5.75 Å². The van der Waals surface area contributed by atoms with Gasteiger partial charge in [-0.25, -0.2) is 4.79 Å². The third-order valence-electron chi connectivity index (χ3n) is 2.66. The van der Waals surface area contributed by atoms with Crippen LogP contribution in [0.15, 0.2) is 18.2 Å². The molecule has 2 amide bonds. The Morgan fingerprint density at radius 3 is 2.83 bits per heavy atom. The van der Waals surface area contributed by atoms with Crippen LogP contribution in [-0.4, -0.2) is 42.8 Å². The first-order valence-electron chi connectivity index (χ1n) is 5.47. The molecule has 5 nitrogen and oxygen atoms in total.